The summed E-state index contributed by atoms with van der Waals surface area (Å²) in [6, 6.07) is 5.43. The number of hydrogen-bond donors (Lipinski definition) is 3. The van der Waals surface area contributed by atoms with Gasteiger partial charge in [0.1, 0.15) is 0 Å². The molecule has 0 radical (unpaired) electrons. The molecular formula is C14H18N2O5. The van der Waals surface area contributed by atoms with Crippen LogP contribution in [0.25, 0.3) is 0 Å². The summed E-state index contributed by atoms with van der Waals surface area (Å²) in [5.74, 6) is -2.65. The van der Waals surface area contributed by atoms with E-state index in [0.29, 0.717) is 12.0 Å². The molecule has 1 aromatic rings. The van der Waals surface area contributed by atoms with Crippen LogP contribution in [0.3, 0.4) is 0 Å². The molecule has 0 saturated carbocycles. The first-order valence-corrected chi connectivity index (χ1v) is 6.36. The minimum absolute atomic E-state index is 0.188. The van der Waals surface area contributed by atoms with Crippen molar-refractivity contribution in [3.8, 4) is 0 Å². The molecule has 4 N–H and O–H groups in total. The van der Waals surface area contributed by atoms with Crippen LogP contribution in [0.4, 0.5) is 0 Å². The first-order valence-electron chi connectivity index (χ1n) is 6.36. The van der Waals surface area contributed by atoms with Gasteiger partial charge in [-0.3, -0.25) is 9.59 Å². The van der Waals surface area contributed by atoms with E-state index >= 15 is 0 Å². The molecule has 0 fully saturated rings. The smallest absolute Gasteiger partial charge is 0.335 e. The highest BCUT2D eigenvalue weighted by molar-refractivity contribution is 5.89. The standard InChI is InChI=1S/C14H18N2O5/c1-16(13(19)11(15)8-12(17)18)7-6-9-4-2-3-5-10(9)14(20)21/h2-5,11H,6-8,15H2,1H3,(H,17,18)(H,20,21). The predicted molar refractivity (Wildman–Crippen MR) is 75.0 cm³/mol. The van der Waals surface area contributed by atoms with Crippen LogP contribution >= 0.6 is 0 Å². The molecule has 1 rings (SSSR count). The lowest BCUT2D eigenvalue weighted by atomic mass is 10.0. The molecule has 0 aromatic heterocycles. The van der Waals surface area contributed by atoms with Gasteiger partial charge in [0.2, 0.25) is 5.91 Å². The summed E-state index contributed by atoms with van der Waals surface area (Å²) in [7, 11) is 1.51. The van der Waals surface area contributed by atoms with E-state index in [1.807, 2.05) is 0 Å². The second-order valence-corrected chi connectivity index (χ2v) is 4.68. The summed E-state index contributed by atoms with van der Waals surface area (Å²) >= 11 is 0. The van der Waals surface area contributed by atoms with Crippen molar-refractivity contribution < 1.29 is 24.6 Å². The van der Waals surface area contributed by atoms with Crippen molar-refractivity contribution in [2.24, 2.45) is 5.73 Å². The van der Waals surface area contributed by atoms with Gasteiger partial charge < -0.3 is 20.8 Å². The van der Waals surface area contributed by atoms with Crippen molar-refractivity contribution in [3.05, 3.63) is 35.4 Å². The molecule has 7 heteroatoms. The molecule has 7 nitrogen and oxygen atoms in total. The largest absolute Gasteiger partial charge is 0.481 e. The summed E-state index contributed by atoms with van der Waals surface area (Å²) in [6.45, 7) is 0.260. The molecule has 1 atom stereocenters. The Kier molecular flexibility index (Phi) is 5.86. The summed E-state index contributed by atoms with van der Waals surface area (Å²) in [5.41, 5.74) is 6.30. The van der Waals surface area contributed by atoms with E-state index in [2.05, 4.69) is 0 Å². The fourth-order valence-electron chi connectivity index (χ4n) is 1.90. The number of nitrogens with two attached hydrogens (primary N) is 1. The van der Waals surface area contributed by atoms with Gasteiger partial charge >= 0.3 is 11.9 Å². The normalized spacial score (nSPS) is 11.7. The van der Waals surface area contributed by atoms with Gasteiger partial charge in [0.25, 0.3) is 0 Å². The van der Waals surface area contributed by atoms with Crippen molar-refractivity contribution >= 4 is 17.8 Å². The SMILES string of the molecule is CN(CCc1ccccc1C(=O)O)C(=O)C(N)CC(=O)O. The third-order valence-electron chi connectivity index (χ3n) is 3.05. The lowest BCUT2D eigenvalue weighted by molar-refractivity contribution is -0.141. The Hall–Kier alpha value is -2.41. The van der Waals surface area contributed by atoms with E-state index in [-0.39, 0.29) is 12.1 Å². The van der Waals surface area contributed by atoms with E-state index in [9.17, 15) is 14.4 Å². The molecule has 0 aliphatic heterocycles. The van der Waals surface area contributed by atoms with Crippen molar-refractivity contribution in [2.45, 2.75) is 18.9 Å². The summed E-state index contributed by atoms with van der Waals surface area (Å²) in [5, 5.41) is 17.7. The van der Waals surface area contributed by atoms with Crippen molar-refractivity contribution in [1.82, 2.24) is 4.90 Å². The topological polar surface area (TPSA) is 121 Å². The van der Waals surface area contributed by atoms with Gasteiger partial charge in [-0.2, -0.15) is 0 Å². The number of benzene rings is 1. The van der Waals surface area contributed by atoms with Crippen LogP contribution in [0.15, 0.2) is 24.3 Å². The number of nitrogens with zero attached hydrogens (tertiary/aromatic N) is 1. The Bertz CT molecular complexity index is 544. The Morgan fingerprint density at radius 2 is 1.86 bits per heavy atom. The van der Waals surface area contributed by atoms with Gasteiger partial charge in [-0.15, -0.1) is 0 Å². The predicted octanol–water partition coefficient (Wildman–Crippen LogP) is 0.188. The fourth-order valence-corrected chi connectivity index (χ4v) is 1.90. The molecule has 0 aliphatic rings. The van der Waals surface area contributed by atoms with Gasteiger partial charge in [-0.25, -0.2) is 4.79 Å². The Balaban J connectivity index is 2.65. The summed E-state index contributed by atoms with van der Waals surface area (Å²) < 4.78 is 0. The van der Waals surface area contributed by atoms with E-state index in [0.717, 1.165) is 0 Å². The maximum atomic E-state index is 11.8. The zero-order chi connectivity index (χ0) is 16.0. The molecule has 0 spiro atoms. The monoisotopic (exact) mass is 294 g/mol. The number of carboxylic acids is 2. The molecule has 1 aromatic carbocycles. The highest BCUT2D eigenvalue weighted by atomic mass is 16.4. The van der Waals surface area contributed by atoms with Gasteiger partial charge in [-0.05, 0) is 18.1 Å². The third-order valence-corrected chi connectivity index (χ3v) is 3.05. The average molecular weight is 294 g/mol. The Morgan fingerprint density at radius 1 is 1.24 bits per heavy atom. The first kappa shape index (κ1) is 16.6. The second kappa shape index (κ2) is 7.39. The van der Waals surface area contributed by atoms with E-state index in [1.54, 1.807) is 18.2 Å². The molecule has 1 amide bonds. The highest BCUT2D eigenvalue weighted by Crippen LogP contribution is 2.10. The van der Waals surface area contributed by atoms with Gasteiger partial charge in [0.05, 0.1) is 18.0 Å². The fraction of sp³-hybridized carbons (Fsp3) is 0.357. The quantitative estimate of drug-likeness (QED) is 0.660. The van der Waals surface area contributed by atoms with Crippen LogP contribution in [0.2, 0.25) is 0 Å². The van der Waals surface area contributed by atoms with Gasteiger partial charge in [0, 0.05) is 13.6 Å². The number of rotatable bonds is 7. The maximum Gasteiger partial charge on any atom is 0.335 e. The molecule has 114 valence electrons. The Morgan fingerprint density at radius 3 is 2.43 bits per heavy atom. The Labute approximate surface area is 122 Å². The molecule has 0 bridgehead atoms. The highest BCUT2D eigenvalue weighted by Gasteiger charge is 2.21. The number of carbonyl (C=O) groups excluding carboxylic acids is 1. The number of carbonyl (C=O) groups is 3. The lowest BCUT2D eigenvalue weighted by Crippen LogP contribution is -2.43. The maximum absolute atomic E-state index is 11.8. The van der Waals surface area contributed by atoms with E-state index in [1.165, 1.54) is 18.0 Å². The van der Waals surface area contributed by atoms with Crippen LogP contribution in [-0.2, 0) is 16.0 Å². The number of carboxylic acid groups (broad SMARTS) is 2. The van der Waals surface area contributed by atoms with Crippen LogP contribution < -0.4 is 5.73 Å². The molecular weight excluding hydrogens is 276 g/mol. The second-order valence-electron chi connectivity index (χ2n) is 4.68. The minimum atomic E-state index is -1.14. The van der Waals surface area contributed by atoms with Crippen LogP contribution in [0.1, 0.15) is 22.3 Å². The van der Waals surface area contributed by atoms with Crippen molar-refractivity contribution in [2.75, 3.05) is 13.6 Å². The van der Waals surface area contributed by atoms with Gasteiger partial charge in [-0.1, -0.05) is 18.2 Å². The molecule has 1 unspecified atom stereocenters. The number of likely N-dealkylation sites (N-methyl/N-ethyl adjacent to an activating group) is 1. The molecule has 0 heterocycles. The lowest BCUT2D eigenvalue weighted by Gasteiger charge is -2.20. The van der Waals surface area contributed by atoms with Crippen LogP contribution in [0, 0.1) is 0 Å². The number of aliphatic carboxylic acids is 1. The average Bonchev–Trinajstić information content (AvgIpc) is 2.43. The van der Waals surface area contributed by atoms with Crippen LogP contribution in [-0.4, -0.2) is 52.6 Å². The van der Waals surface area contributed by atoms with Crippen molar-refractivity contribution in [1.29, 1.82) is 0 Å². The third kappa shape index (κ3) is 4.88. The summed E-state index contributed by atoms with van der Waals surface area (Å²) in [6.07, 6.45) is -0.0839. The number of aromatic carboxylic acids is 1. The number of amides is 1. The molecule has 21 heavy (non-hydrogen) atoms. The van der Waals surface area contributed by atoms with E-state index < -0.39 is 30.3 Å². The zero-order valence-electron chi connectivity index (χ0n) is 11.7. The minimum Gasteiger partial charge on any atom is -0.481 e. The first-order chi connectivity index (χ1) is 9.82. The van der Waals surface area contributed by atoms with Crippen LogP contribution in [0.5, 0.6) is 0 Å². The number of hydrogen-bond acceptors (Lipinski definition) is 4. The molecule has 0 aliphatic carbocycles. The van der Waals surface area contributed by atoms with Gasteiger partial charge in [0.15, 0.2) is 0 Å². The molecule has 0 saturated heterocycles. The summed E-state index contributed by atoms with van der Waals surface area (Å²) in [4.78, 5) is 34.7. The van der Waals surface area contributed by atoms with E-state index in [4.69, 9.17) is 15.9 Å². The van der Waals surface area contributed by atoms with Crippen molar-refractivity contribution in [3.63, 3.8) is 0 Å². The zero-order valence-corrected chi connectivity index (χ0v) is 11.7.